The number of urea groups is 1. The lowest BCUT2D eigenvalue weighted by Gasteiger charge is -2.28. The van der Waals surface area contributed by atoms with E-state index in [2.05, 4.69) is 10.3 Å². The smallest absolute Gasteiger partial charge is 0.336 e. The molecule has 20 heavy (non-hydrogen) atoms. The van der Waals surface area contributed by atoms with Crippen LogP contribution in [-0.4, -0.2) is 25.1 Å². The average molecular weight is 286 g/mol. The minimum absolute atomic E-state index is 0.149. The van der Waals surface area contributed by atoms with Gasteiger partial charge in [0.15, 0.2) is 0 Å². The molecule has 102 valence electrons. The third kappa shape index (κ3) is 2.30. The van der Waals surface area contributed by atoms with Gasteiger partial charge in [0, 0.05) is 26.4 Å². The summed E-state index contributed by atoms with van der Waals surface area (Å²) in [4.78, 5) is 19.4. The van der Waals surface area contributed by atoms with Crippen molar-refractivity contribution in [3.05, 3.63) is 42.6 Å². The molecule has 6 heteroatoms. The fourth-order valence-electron chi connectivity index (χ4n) is 1.90. The molecule has 0 spiro atoms. The largest absolute Gasteiger partial charge is 0.363 e. The lowest BCUT2D eigenvalue weighted by atomic mass is 10.3. The Morgan fingerprint density at radius 2 is 2.05 bits per heavy atom. The first-order valence-electron chi connectivity index (χ1n) is 6.16. The van der Waals surface area contributed by atoms with E-state index in [0.717, 1.165) is 22.1 Å². The maximum atomic E-state index is 12.2. The Hall–Kier alpha value is -2.21. The Balaban J connectivity index is 1.95. The Bertz CT molecular complexity index is 659. The summed E-state index contributed by atoms with van der Waals surface area (Å²) in [6.45, 7) is 0. The molecule has 1 aliphatic rings. The third-order valence-corrected chi connectivity index (χ3v) is 4.04. The molecule has 0 bridgehead atoms. The number of hydrogen-bond acceptors (Lipinski definition) is 4. The second-order valence-corrected chi connectivity index (χ2v) is 5.57. The average Bonchev–Trinajstić information content (AvgIpc) is 2.46. The number of hydrogen-bond donors (Lipinski definition) is 1. The first kappa shape index (κ1) is 12.8. The normalized spacial score (nSPS) is 13.7. The number of anilines is 3. The summed E-state index contributed by atoms with van der Waals surface area (Å²) in [6, 6.07) is 11.3. The molecule has 1 aromatic carbocycles. The number of nitrogens with zero attached hydrogens (tertiary/aromatic N) is 3. The van der Waals surface area contributed by atoms with E-state index in [4.69, 9.17) is 0 Å². The molecule has 2 amide bonds. The van der Waals surface area contributed by atoms with E-state index >= 15 is 0 Å². The van der Waals surface area contributed by atoms with Gasteiger partial charge in [-0.15, -0.1) is 0 Å². The highest BCUT2D eigenvalue weighted by molar-refractivity contribution is 8.01. The van der Waals surface area contributed by atoms with Crippen LogP contribution in [0.2, 0.25) is 0 Å². The minimum Gasteiger partial charge on any atom is -0.363 e. The third-order valence-electron chi connectivity index (χ3n) is 2.92. The van der Waals surface area contributed by atoms with Gasteiger partial charge in [-0.25, -0.2) is 14.1 Å². The SMILES string of the molecule is CN(C)c1cc(N2Sc3ccccc3NC2=O)ccn1. The number of rotatable bonds is 2. The van der Waals surface area contributed by atoms with Gasteiger partial charge >= 0.3 is 6.03 Å². The van der Waals surface area contributed by atoms with Crippen molar-refractivity contribution < 1.29 is 4.79 Å². The van der Waals surface area contributed by atoms with Crippen LogP contribution in [0.5, 0.6) is 0 Å². The number of fused-ring (bicyclic) bond motifs is 1. The number of aromatic nitrogens is 1. The molecule has 5 nitrogen and oxygen atoms in total. The second kappa shape index (κ2) is 5.05. The quantitative estimate of drug-likeness (QED) is 0.861. The number of amides is 2. The van der Waals surface area contributed by atoms with Crippen LogP contribution < -0.4 is 14.5 Å². The number of nitrogens with one attached hydrogen (secondary N) is 1. The Morgan fingerprint density at radius 1 is 1.25 bits per heavy atom. The molecule has 2 heterocycles. The summed E-state index contributed by atoms with van der Waals surface area (Å²) >= 11 is 1.41. The first-order chi connectivity index (χ1) is 9.65. The minimum atomic E-state index is -0.149. The molecule has 3 rings (SSSR count). The fourth-order valence-corrected chi connectivity index (χ4v) is 2.80. The van der Waals surface area contributed by atoms with Crippen LogP contribution in [0.1, 0.15) is 0 Å². The molecule has 1 aromatic heterocycles. The van der Waals surface area contributed by atoms with Gasteiger partial charge in [-0.05, 0) is 30.1 Å². The van der Waals surface area contributed by atoms with Crippen LogP contribution in [-0.2, 0) is 0 Å². The summed E-state index contributed by atoms with van der Waals surface area (Å²) in [5, 5.41) is 2.89. The summed E-state index contributed by atoms with van der Waals surface area (Å²) in [5.74, 6) is 0.815. The van der Waals surface area contributed by atoms with Crippen molar-refractivity contribution >= 4 is 35.2 Å². The van der Waals surface area contributed by atoms with Gasteiger partial charge in [-0.3, -0.25) is 0 Å². The van der Waals surface area contributed by atoms with E-state index in [9.17, 15) is 4.79 Å². The van der Waals surface area contributed by atoms with Crippen molar-refractivity contribution in [2.75, 3.05) is 28.6 Å². The highest BCUT2D eigenvalue weighted by Crippen LogP contribution is 2.38. The zero-order valence-electron chi connectivity index (χ0n) is 11.2. The molecule has 2 aromatic rings. The van der Waals surface area contributed by atoms with Crippen LogP contribution in [0.15, 0.2) is 47.5 Å². The van der Waals surface area contributed by atoms with E-state index in [1.807, 2.05) is 55.4 Å². The van der Waals surface area contributed by atoms with E-state index in [-0.39, 0.29) is 6.03 Å². The van der Waals surface area contributed by atoms with Crippen LogP contribution >= 0.6 is 11.9 Å². The van der Waals surface area contributed by atoms with Crippen molar-refractivity contribution in [3.63, 3.8) is 0 Å². The molecule has 0 radical (unpaired) electrons. The summed E-state index contributed by atoms with van der Waals surface area (Å²) < 4.78 is 1.64. The summed E-state index contributed by atoms with van der Waals surface area (Å²) in [7, 11) is 3.84. The van der Waals surface area contributed by atoms with Crippen LogP contribution in [0.3, 0.4) is 0 Å². The van der Waals surface area contributed by atoms with Gasteiger partial charge in [0.05, 0.1) is 16.3 Å². The standard InChI is InChI=1S/C14H14N4OS/c1-17(2)13-9-10(7-8-15-13)18-14(19)16-11-5-3-4-6-12(11)20-18/h3-9H,1-2H3,(H,16,19). The van der Waals surface area contributed by atoms with Gasteiger partial charge in [-0.1, -0.05) is 12.1 Å². The molecule has 0 fully saturated rings. The number of pyridine rings is 1. The van der Waals surface area contributed by atoms with Crippen LogP contribution in [0, 0.1) is 0 Å². The highest BCUT2D eigenvalue weighted by atomic mass is 32.2. The molecule has 0 atom stereocenters. The van der Waals surface area contributed by atoms with E-state index in [0.29, 0.717) is 0 Å². The first-order valence-corrected chi connectivity index (χ1v) is 6.94. The van der Waals surface area contributed by atoms with Crippen molar-refractivity contribution in [3.8, 4) is 0 Å². The Kier molecular flexibility index (Phi) is 3.23. The summed E-state index contributed by atoms with van der Waals surface area (Å²) in [5.41, 5.74) is 1.65. The molecule has 0 saturated carbocycles. The molecule has 0 saturated heterocycles. The number of carbonyl (C=O) groups is 1. The zero-order chi connectivity index (χ0) is 14.1. The van der Waals surface area contributed by atoms with Gasteiger partial charge in [0.25, 0.3) is 0 Å². The Morgan fingerprint density at radius 3 is 2.85 bits per heavy atom. The lowest BCUT2D eigenvalue weighted by Crippen LogP contribution is -2.32. The molecule has 1 N–H and O–H groups in total. The van der Waals surface area contributed by atoms with Crippen LogP contribution in [0.25, 0.3) is 0 Å². The maximum Gasteiger partial charge on any atom is 0.336 e. The summed E-state index contributed by atoms with van der Waals surface area (Å²) in [6.07, 6.45) is 1.71. The Labute approximate surface area is 121 Å². The highest BCUT2D eigenvalue weighted by Gasteiger charge is 2.25. The van der Waals surface area contributed by atoms with Gasteiger partial charge in [-0.2, -0.15) is 0 Å². The predicted octanol–water partition coefficient (Wildman–Crippen LogP) is 3.21. The van der Waals surface area contributed by atoms with Crippen molar-refractivity contribution in [1.29, 1.82) is 0 Å². The topological polar surface area (TPSA) is 48.5 Å². The molecular formula is C14H14N4OS. The molecule has 1 aliphatic heterocycles. The second-order valence-electron chi connectivity index (χ2n) is 4.58. The fraction of sp³-hybridized carbons (Fsp3) is 0.143. The number of benzene rings is 1. The van der Waals surface area contributed by atoms with Crippen molar-refractivity contribution in [2.45, 2.75) is 4.90 Å². The zero-order valence-corrected chi connectivity index (χ0v) is 12.0. The number of carbonyl (C=O) groups excluding carboxylic acids is 1. The lowest BCUT2D eigenvalue weighted by molar-refractivity contribution is 0.260. The van der Waals surface area contributed by atoms with E-state index < -0.39 is 0 Å². The van der Waals surface area contributed by atoms with E-state index in [1.165, 1.54) is 11.9 Å². The molecular weight excluding hydrogens is 272 g/mol. The van der Waals surface area contributed by atoms with Crippen molar-refractivity contribution in [1.82, 2.24) is 4.98 Å². The molecule has 0 unspecified atom stereocenters. The number of para-hydroxylation sites is 1. The predicted molar refractivity (Wildman–Crippen MR) is 82.4 cm³/mol. The van der Waals surface area contributed by atoms with Gasteiger partial charge in [0.1, 0.15) is 5.82 Å². The molecule has 0 aliphatic carbocycles. The van der Waals surface area contributed by atoms with Gasteiger partial charge in [0.2, 0.25) is 0 Å². The van der Waals surface area contributed by atoms with Crippen LogP contribution in [0.4, 0.5) is 22.0 Å². The monoisotopic (exact) mass is 286 g/mol. The maximum absolute atomic E-state index is 12.2. The van der Waals surface area contributed by atoms with Gasteiger partial charge < -0.3 is 10.2 Å². The van der Waals surface area contributed by atoms with E-state index in [1.54, 1.807) is 10.5 Å². The van der Waals surface area contributed by atoms with Crippen molar-refractivity contribution in [2.24, 2.45) is 0 Å².